The SMILES string of the molecule is COc1ccc(C#Cc2ccc3c(c2)O[C@@H](CN(C)S(=O)(=O)c2ccccc2F)[C@H](C)CN([C@H](C)CO)S3(=O)=O)cc1. The molecule has 0 fully saturated rings. The highest BCUT2D eigenvalue weighted by Crippen LogP contribution is 2.34. The number of ether oxygens (including phenoxy) is 2. The van der Waals surface area contributed by atoms with Crippen LogP contribution < -0.4 is 9.47 Å². The van der Waals surface area contributed by atoms with Crippen molar-refractivity contribution < 1.29 is 35.8 Å². The van der Waals surface area contributed by atoms with E-state index in [0.29, 0.717) is 16.9 Å². The van der Waals surface area contributed by atoms with Gasteiger partial charge in [-0.25, -0.2) is 21.2 Å². The van der Waals surface area contributed by atoms with Crippen molar-refractivity contribution in [1.29, 1.82) is 0 Å². The van der Waals surface area contributed by atoms with E-state index in [1.807, 2.05) is 0 Å². The number of methoxy groups -OCH3 is 1. The van der Waals surface area contributed by atoms with Gasteiger partial charge in [-0.2, -0.15) is 8.61 Å². The summed E-state index contributed by atoms with van der Waals surface area (Å²) in [4.78, 5) is -0.602. The van der Waals surface area contributed by atoms with Gasteiger partial charge in [0.05, 0.1) is 20.3 Å². The van der Waals surface area contributed by atoms with Crippen molar-refractivity contribution in [3.8, 4) is 23.3 Å². The summed E-state index contributed by atoms with van der Waals surface area (Å²) in [5.41, 5.74) is 1.19. The van der Waals surface area contributed by atoms with E-state index in [1.54, 1.807) is 51.3 Å². The Bertz CT molecular complexity index is 1700. The van der Waals surface area contributed by atoms with E-state index in [-0.39, 0.29) is 23.7 Å². The quantitative estimate of drug-likeness (QED) is 0.405. The van der Waals surface area contributed by atoms with Gasteiger partial charge in [0, 0.05) is 36.7 Å². The van der Waals surface area contributed by atoms with Crippen LogP contribution in [0.4, 0.5) is 4.39 Å². The Kier molecular flexibility index (Phi) is 9.60. The van der Waals surface area contributed by atoms with Crippen molar-refractivity contribution in [1.82, 2.24) is 8.61 Å². The number of rotatable bonds is 7. The summed E-state index contributed by atoms with van der Waals surface area (Å²) in [7, 11) is -5.44. The number of aliphatic hydroxyl groups is 1. The van der Waals surface area contributed by atoms with Gasteiger partial charge in [-0.3, -0.25) is 0 Å². The van der Waals surface area contributed by atoms with Gasteiger partial charge in [-0.15, -0.1) is 0 Å². The molecule has 3 aromatic carbocycles. The molecule has 4 rings (SSSR count). The van der Waals surface area contributed by atoms with E-state index in [4.69, 9.17) is 9.47 Å². The number of benzene rings is 3. The summed E-state index contributed by atoms with van der Waals surface area (Å²) >= 11 is 0. The summed E-state index contributed by atoms with van der Waals surface area (Å²) in [6.45, 7) is 2.67. The highest BCUT2D eigenvalue weighted by Gasteiger charge is 2.39. The third kappa shape index (κ3) is 6.61. The van der Waals surface area contributed by atoms with Crippen molar-refractivity contribution in [3.05, 3.63) is 83.7 Å². The monoisotopic (exact) mass is 616 g/mol. The number of fused-ring (bicyclic) bond motifs is 1. The molecular weight excluding hydrogens is 583 g/mol. The van der Waals surface area contributed by atoms with Crippen LogP contribution in [0.3, 0.4) is 0 Å². The molecule has 0 aliphatic carbocycles. The number of likely N-dealkylation sites (N-methyl/N-ethyl adjacent to an activating group) is 1. The van der Waals surface area contributed by atoms with Gasteiger partial charge in [-0.1, -0.05) is 30.9 Å². The van der Waals surface area contributed by atoms with Crippen LogP contribution >= 0.6 is 0 Å². The molecule has 0 saturated heterocycles. The van der Waals surface area contributed by atoms with Crippen LogP contribution in [0.2, 0.25) is 0 Å². The third-order valence-corrected chi connectivity index (χ3v) is 10.9. The molecule has 1 aliphatic rings. The van der Waals surface area contributed by atoms with E-state index in [0.717, 1.165) is 10.4 Å². The lowest BCUT2D eigenvalue weighted by molar-refractivity contribution is 0.0904. The number of hydrogen-bond donors (Lipinski definition) is 1. The van der Waals surface area contributed by atoms with Crippen LogP contribution in [0.5, 0.6) is 11.5 Å². The molecule has 224 valence electrons. The molecular formula is C30H33FN2O7S2. The van der Waals surface area contributed by atoms with Gasteiger partial charge in [-0.05, 0) is 61.5 Å². The highest BCUT2D eigenvalue weighted by molar-refractivity contribution is 7.89. The number of sulfonamides is 2. The second-order valence-corrected chi connectivity index (χ2v) is 14.0. The molecule has 3 aromatic rings. The normalized spacial score (nSPS) is 19.4. The van der Waals surface area contributed by atoms with Crippen LogP contribution in [0.1, 0.15) is 25.0 Å². The molecule has 0 saturated carbocycles. The average Bonchev–Trinajstić information content (AvgIpc) is 2.97. The summed E-state index contributed by atoms with van der Waals surface area (Å²) in [6.07, 6.45) is -0.830. The fourth-order valence-corrected chi connectivity index (χ4v) is 7.58. The Labute approximate surface area is 246 Å². The third-order valence-electron chi connectivity index (χ3n) is 7.07. The zero-order chi connectivity index (χ0) is 30.7. The fourth-order valence-electron chi connectivity index (χ4n) is 4.51. The van der Waals surface area contributed by atoms with Crippen LogP contribution in [-0.2, 0) is 20.0 Å². The number of nitrogens with zero attached hydrogens (tertiary/aromatic N) is 2. The molecule has 12 heteroatoms. The molecule has 0 spiro atoms. The first-order valence-corrected chi connectivity index (χ1v) is 16.1. The number of hydrogen-bond acceptors (Lipinski definition) is 7. The maximum Gasteiger partial charge on any atom is 0.247 e. The van der Waals surface area contributed by atoms with Crippen LogP contribution in [-0.4, -0.2) is 76.6 Å². The minimum Gasteiger partial charge on any atom is -0.497 e. The summed E-state index contributed by atoms with van der Waals surface area (Å²) < 4.78 is 81.9. The maximum absolute atomic E-state index is 14.4. The topological polar surface area (TPSA) is 113 Å². The molecule has 3 atom stereocenters. The van der Waals surface area contributed by atoms with Gasteiger partial charge >= 0.3 is 0 Å². The Hall–Kier alpha value is -3.47. The van der Waals surface area contributed by atoms with E-state index in [9.17, 15) is 26.3 Å². The van der Waals surface area contributed by atoms with E-state index in [1.165, 1.54) is 41.7 Å². The largest absolute Gasteiger partial charge is 0.497 e. The van der Waals surface area contributed by atoms with Crippen molar-refractivity contribution in [2.45, 2.75) is 35.8 Å². The Balaban J connectivity index is 1.74. The van der Waals surface area contributed by atoms with Gasteiger partial charge < -0.3 is 14.6 Å². The van der Waals surface area contributed by atoms with E-state index >= 15 is 0 Å². The second-order valence-electron chi connectivity index (χ2n) is 10.1. The van der Waals surface area contributed by atoms with Gasteiger partial charge in [0.2, 0.25) is 20.0 Å². The molecule has 0 amide bonds. The van der Waals surface area contributed by atoms with E-state index < -0.39 is 55.4 Å². The minimum atomic E-state index is -4.23. The number of halogens is 1. The molecule has 0 radical (unpaired) electrons. The molecule has 1 heterocycles. The molecule has 0 aromatic heterocycles. The van der Waals surface area contributed by atoms with Crippen LogP contribution in [0.15, 0.2) is 76.5 Å². The van der Waals surface area contributed by atoms with Crippen LogP contribution in [0.25, 0.3) is 0 Å². The zero-order valence-corrected chi connectivity index (χ0v) is 25.3. The Morgan fingerprint density at radius 1 is 1.12 bits per heavy atom. The summed E-state index contributed by atoms with van der Waals surface area (Å²) in [6, 6.07) is 15.9. The Morgan fingerprint density at radius 2 is 1.76 bits per heavy atom. The molecule has 1 N–H and O–H groups in total. The standard InChI is InChI=1S/C30H33FN2O7S2/c1-21-18-33(22(2)20-34)42(37,38)30-16-13-24(10-9-23-11-14-25(39-4)15-12-23)17-27(30)40-28(21)19-32(3)41(35,36)29-8-6-5-7-26(29)31/h5-8,11-17,21-22,28,34H,18-20H2,1-4H3/t21-,22-,28+/m1/s1. The van der Waals surface area contributed by atoms with Gasteiger partial charge in [0.1, 0.15) is 33.2 Å². The second kappa shape index (κ2) is 12.8. The predicted octanol–water partition coefficient (Wildman–Crippen LogP) is 3.32. The molecule has 9 nitrogen and oxygen atoms in total. The smallest absolute Gasteiger partial charge is 0.247 e. The Morgan fingerprint density at radius 3 is 2.40 bits per heavy atom. The number of aliphatic hydroxyl groups excluding tert-OH is 1. The summed E-state index contributed by atoms with van der Waals surface area (Å²) in [5, 5.41) is 9.85. The lowest BCUT2D eigenvalue weighted by atomic mass is 10.0. The van der Waals surface area contributed by atoms with Gasteiger partial charge in [0.15, 0.2) is 0 Å². The first kappa shape index (κ1) is 31.5. The van der Waals surface area contributed by atoms with Crippen molar-refractivity contribution in [2.24, 2.45) is 5.92 Å². The molecule has 1 aliphatic heterocycles. The molecule has 0 bridgehead atoms. The lowest BCUT2D eigenvalue weighted by Gasteiger charge is -2.37. The highest BCUT2D eigenvalue weighted by atomic mass is 32.2. The average molecular weight is 617 g/mol. The summed E-state index contributed by atoms with van der Waals surface area (Å²) in [5.74, 6) is 5.32. The van der Waals surface area contributed by atoms with Gasteiger partial charge in [0.25, 0.3) is 0 Å². The maximum atomic E-state index is 14.4. The first-order chi connectivity index (χ1) is 19.9. The fraction of sp³-hybridized carbons (Fsp3) is 0.333. The lowest BCUT2D eigenvalue weighted by Crippen LogP contribution is -2.50. The first-order valence-electron chi connectivity index (χ1n) is 13.2. The van der Waals surface area contributed by atoms with Crippen LogP contribution in [0, 0.1) is 23.6 Å². The van der Waals surface area contributed by atoms with E-state index in [2.05, 4.69) is 11.8 Å². The predicted molar refractivity (Wildman–Crippen MR) is 156 cm³/mol. The zero-order valence-electron chi connectivity index (χ0n) is 23.7. The van der Waals surface area contributed by atoms with Crippen molar-refractivity contribution in [3.63, 3.8) is 0 Å². The minimum absolute atomic E-state index is 0.0000830. The van der Waals surface area contributed by atoms with Crippen molar-refractivity contribution >= 4 is 20.0 Å². The van der Waals surface area contributed by atoms with Crippen molar-refractivity contribution in [2.75, 3.05) is 33.9 Å². The molecule has 0 unspecified atom stereocenters. The molecule has 42 heavy (non-hydrogen) atoms.